The molecule has 0 unspecified atom stereocenters. The van der Waals surface area contributed by atoms with E-state index in [-0.39, 0.29) is 26.6 Å². The third-order valence-electron chi connectivity index (χ3n) is 0.320. The molecule has 5 heteroatoms. The van der Waals surface area contributed by atoms with E-state index in [2.05, 4.69) is 2.64 Å². The van der Waals surface area contributed by atoms with Crippen molar-refractivity contribution in [2.75, 3.05) is 0 Å². The summed E-state index contributed by atoms with van der Waals surface area (Å²) in [6.45, 7) is 0. The van der Waals surface area contributed by atoms with Crippen molar-refractivity contribution in [3.8, 4) is 0 Å². The summed E-state index contributed by atoms with van der Waals surface area (Å²) < 4.78 is 4.30. The number of hydrogen-bond donors (Lipinski definition) is 0. The van der Waals surface area contributed by atoms with E-state index in [0.717, 1.165) is 0 Å². The number of halogens is 2. The third kappa shape index (κ3) is 3.56. The van der Waals surface area contributed by atoms with Gasteiger partial charge in [0.15, 0.2) is 0 Å². The molecule has 0 heterocycles. The first-order valence-electron chi connectivity index (χ1n) is 1.42. The van der Waals surface area contributed by atoms with E-state index in [4.69, 9.17) is 23.2 Å². The van der Waals surface area contributed by atoms with Gasteiger partial charge in [-0.3, -0.25) is 0 Å². The van der Waals surface area contributed by atoms with Gasteiger partial charge in [-0.2, -0.15) is 0 Å². The molecule has 0 saturated carbocycles. The van der Waals surface area contributed by atoms with Gasteiger partial charge in [-0.1, -0.05) is 0 Å². The first-order valence-corrected chi connectivity index (χ1v) is 4.54. The molecule has 0 bridgehead atoms. The summed E-state index contributed by atoms with van der Waals surface area (Å²) in [6.07, 6.45) is 0. The van der Waals surface area contributed by atoms with Gasteiger partial charge < -0.3 is 0 Å². The number of carbonyl (C=O) groups excluding carboxylic acids is 1. The molecular formula is C2HCl2HgO2. The van der Waals surface area contributed by atoms with E-state index >= 15 is 0 Å². The normalized spacial score (nSPS) is 9.29. The summed E-state index contributed by atoms with van der Waals surface area (Å²) in [5, 5.41) is 0. The van der Waals surface area contributed by atoms with Gasteiger partial charge in [-0.05, 0) is 0 Å². The van der Waals surface area contributed by atoms with Gasteiger partial charge >= 0.3 is 68.0 Å². The van der Waals surface area contributed by atoms with Crippen molar-refractivity contribution < 1.29 is 34.0 Å². The van der Waals surface area contributed by atoms with Crippen molar-refractivity contribution in [3.63, 3.8) is 0 Å². The summed E-state index contributed by atoms with van der Waals surface area (Å²) in [5.74, 6) is -0.535. The molecular weight excluding hydrogens is 328 g/mol. The van der Waals surface area contributed by atoms with E-state index in [0.29, 0.717) is 0 Å². The van der Waals surface area contributed by atoms with Crippen LogP contribution in [0.4, 0.5) is 0 Å². The molecule has 0 aromatic heterocycles. The molecule has 2 nitrogen and oxygen atoms in total. The Balaban J connectivity index is 3.35. The summed E-state index contributed by atoms with van der Waals surface area (Å²) >= 11 is 10.1. The maximum atomic E-state index is 10.1. The fourth-order valence-corrected chi connectivity index (χ4v) is 1.66. The van der Waals surface area contributed by atoms with E-state index < -0.39 is 10.8 Å². The molecule has 0 rings (SSSR count). The van der Waals surface area contributed by atoms with Crippen molar-refractivity contribution in [3.05, 3.63) is 0 Å². The monoisotopic (exact) mass is 329 g/mol. The van der Waals surface area contributed by atoms with E-state index in [1.165, 1.54) is 0 Å². The van der Waals surface area contributed by atoms with Crippen LogP contribution in [0.1, 0.15) is 0 Å². The Morgan fingerprint density at radius 1 is 1.71 bits per heavy atom. The molecule has 37 valence electrons. The number of alkyl halides is 2. The zero-order chi connectivity index (χ0) is 5.86. The van der Waals surface area contributed by atoms with Crippen LogP contribution in [-0.4, -0.2) is 10.8 Å². The van der Waals surface area contributed by atoms with Crippen LogP contribution in [0.5, 0.6) is 0 Å². The van der Waals surface area contributed by atoms with Gasteiger partial charge in [-0.25, -0.2) is 0 Å². The molecule has 0 fully saturated rings. The molecule has 0 atom stereocenters. The Morgan fingerprint density at radius 3 is 2.14 bits per heavy atom. The molecule has 0 radical (unpaired) electrons. The van der Waals surface area contributed by atoms with Gasteiger partial charge in [0.05, 0.1) is 0 Å². The van der Waals surface area contributed by atoms with E-state index in [1.807, 2.05) is 0 Å². The predicted molar refractivity (Wildman–Crippen MR) is 21.6 cm³/mol. The Hall–Kier alpha value is 0.985. The van der Waals surface area contributed by atoms with Crippen LogP contribution in [0.15, 0.2) is 0 Å². The molecule has 0 aliphatic rings. The summed E-state index contributed by atoms with van der Waals surface area (Å²) in [7, 11) is 0. The first kappa shape index (κ1) is 7.99. The standard InChI is InChI=1S/C2H2Cl2O2.Hg/c3-1(4)2(5)6;/h1H,(H,5,6);/q;+1/p-1. The first-order chi connectivity index (χ1) is 3.18. The number of carbonyl (C=O) groups is 1. The van der Waals surface area contributed by atoms with Gasteiger partial charge in [0.1, 0.15) is 0 Å². The van der Waals surface area contributed by atoms with Crippen LogP contribution in [0.3, 0.4) is 0 Å². The number of rotatable bonds is 1. The van der Waals surface area contributed by atoms with Crippen molar-refractivity contribution in [2.45, 2.75) is 4.84 Å². The van der Waals surface area contributed by atoms with Crippen LogP contribution in [0.25, 0.3) is 0 Å². The summed E-state index contributed by atoms with van der Waals surface area (Å²) in [6, 6.07) is 0. The molecule has 7 heavy (non-hydrogen) atoms. The Kier molecular flexibility index (Phi) is 4.48. The average molecular weight is 329 g/mol. The Labute approximate surface area is 67.7 Å². The minimum atomic E-state index is -1.00. The molecule has 0 amide bonds. The summed E-state index contributed by atoms with van der Waals surface area (Å²) in [4.78, 5) is 9.07. The van der Waals surface area contributed by atoms with Crippen LogP contribution in [-0.2, 0) is 34.0 Å². The second-order valence-electron chi connectivity index (χ2n) is 0.764. The SMILES string of the molecule is O=C([O][Hg])C(Cl)Cl. The Bertz CT molecular complexity index is 74.1. The second-order valence-corrected chi connectivity index (χ2v) is 2.98. The van der Waals surface area contributed by atoms with Gasteiger partial charge in [-0.15, -0.1) is 0 Å². The fourth-order valence-electron chi connectivity index (χ4n) is 0.0630. The van der Waals surface area contributed by atoms with Gasteiger partial charge in [0.2, 0.25) is 0 Å². The summed E-state index contributed by atoms with van der Waals surface area (Å²) in [5.41, 5.74) is 0. The minimum absolute atomic E-state index is 0.00423. The Morgan fingerprint density at radius 2 is 2.14 bits per heavy atom. The molecule has 0 aliphatic carbocycles. The molecule has 0 aromatic carbocycles. The average Bonchev–Trinajstić information content (AvgIpc) is 1.65. The van der Waals surface area contributed by atoms with Crippen molar-refractivity contribution in [1.82, 2.24) is 0 Å². The molecule has 0 N–H and O–H groups in total. The number of hydrogen-bond acceptors (Lipinski definition) is 2. The predicted octanol–water partition coefficient (Wildman–Crippen LogP) is 0.795. The van der Waals surface area contributed by atoms with Crippen molar-refractivity contribution >= 4 is 29.2 Å². The van der Waals surface area contributed by atoms with Gasteiger partial charge in [0, 0.05) is 0 Å². The quantitative estimate of drug-likeness (QED) is 0.526. The molecule has 0 aliphatic heterocycles. The zero-order valence-electron chi connectivity index (χ0n) is 3.36. The van der Waals surface area contributed by atoms with Crippen LogP contribution in [0.2, 0.25) is 0 Å². The maximum absolute atomic E-state index is 10.1. The van der Waals surface area contributed by atoms with Crippen molar-refractivity contribution in [2.24, 2.45) is 0 Å². The zero-order valence-corrected chi connectivity index (χ0v) is 10.4. The van der Waals surface area contributed by atoms with Crippen molar-refractivity contribution in [1.29, 1.82) is 0 Å². The third-order valence-corrected chi connectivity index (χ3v) is 1.78. The second kappa shape index (κ2) is 3.92. The molecule has 0 aromatic rings. The fraction of sp³-hybridized carbons (Fsp3) is 0.500. The molecule has 0 saturated heterocycles. The molecule has 0 spiro atoms. The van der Waals surface area contributed by atoms with Crippen LogP contribution < -0.4 is 0 Å². The van der Waals surface area contributed by atoms with E-state index in [1.54, 1.807) is 0 Å². The van der Waals surface area contributed by atoms with E-state index in [9.17, 15) is 4.79 Å². The van der Waals surface area contributed by atoms with Crippen LogP contribution >= 0.6 is 23.2 Å². The van der Waals surface area contributed by atoms with Gasteiger partial charge in [0.25, 0.3) is 0 Å². The van der Waals surface area contributed by atoms with Crippen LogP contribution in [0, 0.1) is 0 Å². The topological polar surface area (TPSA) is 26.3 Å².